The lowest BCUT2D eigenvalue weighted by atomic mass is 9.79. The minimum absolute atomic E-state index is 0.107. The summed E-state index contributed by atoms with van der Waals surface area (Å²) in [5, 5.41) is 9.37. The highest BCUT2D eigenvalue weighted by molar-refractivity contribution is 5.71. The molecular weight excluding hydrogens is 214 g/mol. The topological polar surface area (TPSA) is 40.5 Å². The van der Waals surface area contributed by atoms with E-state index < -0.39 is 5.97 Å². The molecule has 0 spiro atoms. The molecule has 0 unspecified atom stereocenters. The number of carbonyl (C=O) groups is 1. The Morgan fingerprint density at radius 1 is 1.24 bits per heavy atom. The predicted molar refractivity (Wildman–Crippen MR) is 68.0 cm³/mol. The number of carboxylic acid groups (broad SMARTS) is 1. The highest BCUT2D eigenvalue weighted by Gasteiger charge is 2.42. The van der Waals surface area contributed by atoms with Gasteiger partial charge in [0.2, 0.25) is 0 Å². The maximum absolute atomic E-state index is 11.4. The molecule has 1 N–H and O–H groups in total. The van der Waals surface area contributed by atoms with Crippen LogP contribution in [-0.4, -0.2) is 35.1 Å². The number of nitrogens with zero attached hydrogens (tertiary/aromatic N) is 1. The summed E-state index contributed by atoms with van der Waals surface area (Å²) in [6.07, 6.45) is 8.42. The number of hydrogen-bond donors (Lipinski definition) is 1. The van der Waals surface area contributed by atoms with Crippen molar-refractivity contribution in [1.29, 1.82) is 0 Å². The fourth-order valence-corrected chi connectivity index (χ4v) is 3.80. The average molecular weight is 239 g/mol. The van der Waals surface area contributed by atoms with E-state index in [4.69, 9.17) is 0 Å². The second-order valence-electron chi connectivity index (χ2n) is 5.66. The molecule has 3 heteroatoms. The van der Waals surface area contributed by atoms with Crippen LogP contribution >= 0.6 is 0 Å². The van der Waals surface area contributed by atoms with Crippen molar-refractivity contribution >= 4 is 5.97 Å². The molecule has 3 nitrogen and oxygen atoms in total. The summed E-state index contributed by atoms with van der Waals surface area (Å²) >= 11 is 0. The van der Waals surface area contributed by atoms with Crippen LogP contribution in [0.4, 0.5) is 0 Å². The molecule has 0 amide bonds. The van der Waals surface area contributed by atoms with Gasteiger partial charge in [-0.15, -0.1) is 0 Å². The van der Waals surface area contributed by atoms with E-state index in [0.717, 1.165) is 25.9 Å². The van der Waals surface area contributed by atoms with Crippen LogP contribution < -0.4 is 0 Å². The van der Waals surface area contributed by atoms with Gasteiger partial charge < -0.3 is 5.11 Å². The zero-order valence-electron chi connectivity index (χ0n) is 10.9. The van der Waals surface area contributed by atoms with Crippen molar-refractivity contribution in [3.63, 3.8) is 0 Å². The molecule has 2 fully saturated rings. The Hall–Kier alpha value is -0.570. The van der Waals surface area contributed by atoms with E-state index in [1.807, 2.05) is 0 Å². The SMILES string of the molecule is CCCN1CC[C@H](C(=O)O)[C@H]1C1CCCCC1. The van der Waals surface area contributed by atoms with Gasteiger partial charge in [0.05, 0.1) is 5.92 Å². The summed E-state index contributed by atoms with van der Waals surface area (Å²) in [4.78, 5) is 13.8. The van der Waals surface area contributed by atoms with Crippen LogP contribution in [0.25, 0.3) is 0 Å². The molecule has 1 heterocycles. The summed E-state index contributed by atoms with van der Waals surface area (Å²) in [6.45, 7) is 4.25. The van der Waals surface area contributed by atoms with Crippen molar-refractivity contribution in [3.05, 3.63) is 0 Å². The van der Waals surface area contributed by atoms with E-state index in [0.29, 0.717) is 12.0 Å². The third-order valence-corrected chi connectivity index (χ3v) is 4.52. The maximum atomic E-state index is 11.4. The molecule has 0 radical (unpaired) electrons. The highest BCUT2D eigenvalue weighted by atomic mass is 16.4. The smallest absolute Gasteiger partial charge is 0.308 e. The Kier molecular flexibility index (Phi) is 4.43. The normalized spacial score (nSPS) is 31.8. The molecule has 1 saturated carbocycles. The second kappa shape index (κ2) is 5.85. The van der Waals surface area contributed by atoms with Gasteiger partial charge in [0.1, 0.15) is 0 Å². The van der Waals surface area contributed by atoms with Crippen molar-refractivity contribution in [3.8, 4) is 0 Å². The molecule has 1 aliphatic heterocycles. The average Bonchev–Trinajstić information content (AvgIpc) is 2.74. The Labute approximate surface area is 104 Å². The first kappa shape index (κ1) is 12.9. The van der Waals surface area contributed by atoms with Crippen LogP contribution in [0.3, 0.4) is 0 Å². The largest absolute Gasteiger partial charge is 0.481 e. The Bertz CT molecular complexity index is 261. The number of likely N-dealkylation sites (tertiary alicyclic amines) is 1. The molecule has 2 rings (SSSR count). The van der Waals surface area contributed by atoms with Crippen LogP contribution in [0.15, 0.2) is 0 Å². The highest BCUT2D eigenvalue weighted by Crippen LogP contribution is 2.37. The Balaban J connectivity index is 2.07. The lowest BCUT2D eigenvalue weighted by molar-refractivity contribution is -0.143. The van der Waals surface area contributed by atoms with E-state index >= 15 is 0 Å². The monoisotopic (exact) mass is 239 g/mol. The summed E-state index contributed by atoms with van der Waals surface area (Å²) in [5.41, 5.74) is 0. The predicted octanol–water partition coefficient (Wildman–Crippen LogP) is 2.75. The van der Waals surface area contributed by atoms with Gasteiger partial charge in [-0.2, -0.15) is 0 Å². The van der Waals surface area contributed by atoms with E-state index in [-0.39, 0.29) is 5.92 Å². The van der Waals surface area contributed by atoms with E-state index in [1.54, 1.807) is 0 Å². The number of hydrogen-bond acceptors (Lipinski definition) is 2. The van der Waals surface area contributed by atoms with Crippen LogP contribution in [0, 0.1) is 11.8 Å². The lowest BCUT2D eigenvalue weighted by Gasteiger charge is -2.35. The zero-order valence-corrected chi connectivity index (χ0v) is 10.9. The molecule has 2 aliphatic rings. The van der Waals surface area contributed by atoms with Gasteiger partial charge in [-0.3, -0.25) is 9.69 Å². The first-order valence-electron chi connectivity index (χ1n) is 7.21. The van der Waals surface area contributed by atoms with Crippen molar-refractivity contribution in [1.82, 2.24) is 4.90 Å². The van der Waals surface area contributed by atoms with Gasteiger partial charge in [-0.1, -0.05) is 26.2 Å². The summed E-state index contributed by atoms with van der Waals surface area (Å²) in [5.74, 6) is -0.0391. The van der Waals surface area contributed by atoms with Crippen molar-refractivity contribution < 1.29 is 9.90 Å². The minimum atomic E-state index is -0.570. The van der Waals surface area contributed by atoms with Crippen LogP contribution in [0.1, 0.15) is 51.9 Å². The fraction of sp³-hybridized carbons (Fsp3) is 0.929. The second-order valence-corrected chi connectivity index (χ2v) is 5.66. The van der Waals surface area contributed by atoms with Gasteiger partial charge in [0, 0.05) is 6.04 Å². The zero-order chi connectivity index (χ0) is 12.3. The van der Waals surface area contributed by atoms with Crippen LogP contribution in [-0.2, 0) is 4.79 Å². The van der Waals surface area contributed by atoms with Crippen molar-refractivity contribution in [2.75, 3.05) is 13.1 Å². The standard InChI is InChI=1S/C14H25NO2/c1-2-9-15-10-8-12(14(16)17)13(15)11-6-4-3-5-7-11/h11-13H,2-10H2,1H3,(H,16,17)/t12-,13+/m0/s1. The minimum Gasteiger partial charge on any atom is -0.481 e. The maximum Gasteiger partial charge on any atom is 0.308 e. The number of aliphatic carboxylic acids is 1. The first-order valence-corrected chi connectivity index (χ1v) is 7.21. The first-order chi connectivity index (χ1) is 8.24. The molecule has 1 aliphatic carbocycles. The molecule has 1 saturated heterocycles. The summed E-state index contributed by atoms with van der Waals surface area (Å²) < 4.78 is 0. The Morgan fingerprint density at radius 3 is 2.53 bits per heavy atom. The van der Waals surface area contributed by atoms with E-state index in [2.05, 4.69) is 11.8 Å². The Morgan fingerprint density at radius 2 is 1.94 bits per heavy atom. The molecule has 98 valence electrons. The fourth-order valence-electron chi connectivity index (χ4n) is 3.80. The summed E-state index contributed by atoms with van der Waals surface area (Å²) in [7, 11) is 0. The van der Waals surface area contributed by atoms with Crippen molar-refractivity contribution in [2.24, 2.45) is 11.8 Å². The molecule has 0 aromatic heterocycles. The van der Waals surface area contributed by atoms with Gasteiger partial charge >= 0.3 is 5.97 Å². The van der Waals surface area contributed by atoms with Gasteiger partial charge in [-0.05, 0) is 44.7 Å². The molecular formula is C14H25NO2. The molecule has 17 heavy (non-hydrogen) atoms. The van der Waals surface area contributed by atoms with Gasteiger partial charge in [0.15, 0.2) is 0 Å². The third-order valence-electron chi connectivity index (χ3n) is 4.52. The van der Waals surface area contributed by atoms with E-state index in [9.17, 15) is 9.90 Å². The number of rotatable bonds is 4. The number of carboxylic acids is 1. The van der Waals surface area contributed by atoms with Gasteiger partial charge in [0.25, 0.3) is 0 Å². The quantitative estimate of drug-likeness (QED) is 0.820. The molecule has 2 atom stereocenters. The van der Waals surface area contributed by atoms with E-state index in [1.165, 1.54) is 32.1 Å². The lowest BCUT2D eigenvalue weighted by Crippen LogP contribution is -2.42. The van der Waals surface area contributed by atoms with Gasteiger partial charge in [-0.25, -0.2) is 0 Å². The van der Waals surface area contributed by atoms with Crippen molar-refractivity contribution in [2.45, 2.75) is 57.9 Å². The molecule has 0 aromatic carbocycles. The summed E-state index contributed by atoms with van der Waals surface area (Å²) in [6, 6.07) is 0.327. The molecule has 0 bridgehead atoms. The third kappa shape index (κ3) is 2.82. The van der Waals surface area contributed by atoms with Crippen LogP contribution in [0.5, 0.6) is 0 Å². The molecule has 0 aromatic rings. The van der Waals surface area contributed by atoms with Crippen LogP contribution in [0.2, 0.25) is 0 Å².